The maximum atomic E-state index is 11.6. The van der Waals surface area contributed by atoms with Crippen molar-refractivity contribution >= 4 is 5.91 Å². The maximum Gasteiger partial charge on any atom is 0.220 e. The molecule has 0 bridgehead atoms. The minimum atomic E-state index is -0.459. The van der Waals surface area contributed by atoms with Crippen LogP contribution in [-0.2, 0) is 4.79 Å². The van der Waals surface area contributed by atoms with Crippen LogP contribution in [0, 0.1) is 5.92 Å². The topological polar surface area (TPSA) is 58.6 Å². The van der Waals surface area contributed by atoms with Gasteiger partial charge in [-0.25, -0.2) is 0 Å². The zero-order chi connectivity index (χ0) is 14.8. The molecule has 1 rings (SSSR count). The standard InChI is InChI=1S/C16H25NO3/c1-13(2)11-14(18)12-17-16(19)9-6-10-20-15-7-4-3-5-8-15/h3-5,7-8,13-14,18H,6,9-12H2,1-2H3,(H,17,19). The summed E-state index contributed by atoms with van der Waals surface area (Å²) in [7, 11) is 0. The van der Waals surface area contributed by atoms with Crippen molar-refractivity contribution in [3.63, 3.8) is 0 Å². The summed E-state index contributed by atoms with van der Waals surface area (Å²) >= 11 is 0. The van der Waals surface area contributed by atoms with Gasteiger partial charge in [0, 0.05) is 13.0 Å². The largest absolute Gasteiger partial charge is 0.494 e. The van der Waals surface area contributed by atoms with E-state index in [-0.39, 0.29) is 5.91 Å². The number of aliphatic hydroxyl groups is 1. The zero-order valence-corrected chi connectivity index (χ0v) is 12.3. The van der Waals surface area contributed by atoms with Crippen LogP contribution in [0.3, 0.4) is 0 Å². The molecule has 0 saturated heterocycles. The van der Waals surface area contributed by atoms with Gasteiger partial charge in [-0.05, 0) is 30.9 Å². The molecule has 0 heterocycles. The fourth-order valence-corrected chi connectivity index (χ4v) is 1.89. The van der Waals surface area contributed by atoms with E-state index in [4.69, 9.17) is 4.74 Å². The van der Waals surface area contributed by atoms with Gasteiger partial charge in [-0.1, -0.05) is 32.0 Å². The molecule has 2 N–H and O–H groups in total. The molecule has 1 atom stereocenters. The van der Waals surface area contributed by atoms with Gasteiger partial charge in [-0.3, -0.25) is 4.79 Å². The summed E-state index contributed by atoms with van der Waals surface area (Å²) in [5.41, 5.74) is 0. The van der Waals surface area contributed by atoms with E-state index in [0.29, 0.717) is 38.3 Å². The average molecular weight is 279 g/mol. The third kappa shape index (κ3) is 7.79. The molecule has 1 aromatic carbocycles. The summed E-state index contributed by atoms with van der Waals surface area (Å²) in [4.78, 5) is 11.6. The second-order valence-corrected chi connectivity index (χ2v) is 5.35. The highest BCUT2D eigenvalue weighted by molar-refractivity contribution is 5.75. The number of hydrogen-bond donors (Lipinski definition) is 2. The monoisotopic (exact) mass is 279 g/mol. The number of nitrogens with one attached hydrogen (secondary N) is 1. The van der Waals surface area contributed by atoms with Crippen LogP contribution in [0.4, 0.5) is 0 Å². The van der Waals surface area contributed by atoms with Gasteiger partial charge in [0.15, 0.2) is 0 Å². The van der Waals surface area contributed by atoms with E-state index in [0.717, 1.165) is 5.75 Å². The molecule has 0 aliphatic heterocycles. The first-order valence-corrected chi connectivity index (χ1v) is 7.20. The van der Waals surface area contributed by atoms with Crippen molar-refractivity contribution < 1.29 is 14.6 Å². The normalized spacial score (nSPS) is 12.2. The molecular formula is C16H25NO3. The molecule has 1 unspecified atom stereocenters. The lowest BCUT2D eigenvalue weighted by molar-refractivity contribution is -0.121. The SMILES string of the molecule is CC(C)CC(O)CNC(=O)CCCOc1ccccc1. The highest BCUT2D eigenvalue weighted by Gasteiger charge is 2.08. The minimum absolute atomic E-state index is 0.0375. The van der Waals surface area contributed by atoms with Crippen LogP contribution in [-0.4, -0.2) is 30.3 Å². The van der Waals surface area contributed by atoms with E-state index in [1.54, 1.807) is 0 Å². The number of rotatable bonds is 9. The Morgan fingerprint density at radius 1 is 1.30 bits per heavy atom. The molecule has 0 saturated carbocycles. The first-order chi connectivity index (χ1) is 9.58. The van der Waals surface area contributed by atoms with E-state index >= 15 is 0 Å². The molecular weight excluding hydrogens is 254 g/mol. The third-order valence-corrected chi connectivity index (χ3v) is 2.84. The van der Waals surface area contributed by atoms with Crippen molar-refractivity contribution in [2.45, 2.75) is 39.2 Å². The van der Waals surface area contributed by atoms with Crippen LogP contribution in [0.25, 0.3) is 0 Å². The third-order valence-electron chi connectivity index (χ3n) is 2.84. The second-order valence-electron chi connectivity index (χ2n) is 5.35. The number of ether oxygens (including phenoxy) is 1. The molecule has 0 aromatic heterocycles. The summed E-state index contributed by atoms with van der Waals surface area (Å²) in [6.45, 7) is 4.94. The number of amides is 1. The molecule has 1 aromatic rings. The molecule has 0 fully saturated rings. The highest BCUT2D eigenvalue weighted by Crippen LogP contribution is 2.08. The predicted octanol–water partition coefficient (Wildman–Crippen LogP) is 2.37. The summed E-state index contributed by atoms with van der Waals surface area (Å²) in [6, 6.07) is 9.55. The summed E-state index contributed by atoms with van der Waals surface area (Å²) in [5, 5.41) is 12.4. The molecule has 4 heteroatoms. The van der Waals surface area contributed by atoms with Gasteiger partial charge in [0.2, 0.25) is 5.91 Å². The van der Waals surface area contributed by atoms with Crippen LogP contribution in [0.1, 0.15) is 33.1 Å². The fraction of sp³-hybridized carbons (Fsp3) is 0.562. The van der Waals surface area contributed by atoms with Crippen LogP contribution >= 0.6 is 0 Å². The lowest BCUT2D eigenvalue weighted by Crippen LogP contribution is -2.32. The van der Waals surface area contributed by atoms with Gasteiger partial charge in [0.1, 0.15) is 5.75 Å². The van der Waals surface area contributed by atoms with E-state index in [1.165, 1.54) is 0 Å². The second kappa shape index (κ2) is 9.37. The van der Waals surface area contributed by atoms with Crippen molar-refractivity contribution in [3.8, 4) is 5.75 Å². The van der Waals surface area contributed by atoms with Crippen LogP contribution in [0.5, 0.6) is 5.75 Å². The molecule has 0 radical (unpaired) electrons. The van der Waals surface area contributed by atoms with Crippen molar-refractivity contribution in [2.24, 2.45) is 5.92 Å². The Hall–Kier alpha value is -1.55. The van der Waals surface area contributed by atoms with Crippen molar-refractivity contribution in [1.82, 2.24) is 5.32 Å². The molecule has 0 aliphatic rings. The Labute approximate surface area is 121 Å². The van der Waals surface area contributed by atoms with Gasteiger partial charge < -0.3 is 15.2 Å². The van der Waals surface area contributed by atoms with E-state index in [9.17, 15) is 9.90 Å². The number of hydrogen-bond acceptors (Lipinski definition) is 3. The van der Waals surface area contributed by atoms with Gasteiger partial charge in [-0.15, -0.1) is 0 Å². The summed E-state index contributed by atoms with van der Waals surface area (Å²) < 4.78 is 5.51. The Bertz CT molecular complexity index is 379. The first kappa shape index (κ1) is 16.5. The number of carbonyl (C=O) groups excluding carboxylic acids is 1. The van der Waals surface area contributed by atoms with E-state index < -0.39 is 6.10 Å². The predicted molar refractivity (Wildman–Crippen MR) is 79.6 cm³/mol. The number of benzene rings is 1. The van der Waals surface area contributed by atoms with E-state index in [1.807, 2.05) is 44.2 Å². The maximum absolute atomic E-state index is 11.6. The molecule has 112 valence electrons. The van der Waals surface area contributed by atoms with Gasteiger partial charge >= 0.3 is 0 Å². The molecule has 0 aliphatic carbocycles. The van der Waals surface area contributed by atoms with Crippen LogP contribution in [0.2, 0.25) is 0 Å². The minimum Gasteiger partial charge on any atom is -0.494 e. The first-order valence-electron chi connectivity index (χ1n) is 7.20. The lowest BCUT2D eigenvalue weighted by Gasteiger charge is -2.13. The Morgan fingerprint density at radius 2 is 2.00 bits per heavy atom. The summed E-state index contributed by atoms with van der Waals surface area (Å²) in [5.74, 6) is 1.21. The van der Waals surface area contributed by atoms with Crippen molar-refractivity contribution in [1.29, 1.82) is 0 Å². The van der Waals surface area contributed by atoms with Crippen LogP contribution < -0.4 is 10.1 Å². The average Bonchev–Trinajstić information content (AvgIpc) is 2.42. The Balaban J connectivity index is 2.05. The summed E-state index contributed by atoms with van der Waals surface area (Å²) in [6.07, 6.45) is 1.33. The van der Waals surface area contributed by atoms with Crippen LogP contribution in [0.15, 0.2) is 30.3 Å². The fourth-order valence-electron chi connectivity index (χ4n) is 1.89. The lowest BCUT2D eigenvalue weighted by atomic mass is 10.1. The van der Waals surface area contributed by atoms with Gasteiger partial charge in [0.25, 0.3) is 0 Å². The Kier molecular flexibility index (Phi) is 7.73. The molecule has 0 spiro atoms. The number of carbonyl (C=O) groups is 1. The Morgan fingerprint density at radius 3 is 2.65 bits per heavy atom. The zero-order valence-electron chi connectivity index (χ0n) is 12.3. The molecule has 20 heavy (non-hydrogen) atoms. The van der Waals surface area contributed by atoms with Gasteiger partial charge in [-0.2, -0.15) is 0 Å². The smallest absolute Gasteiger partial charge is 0.220 e. The quantitative estimate of drug-likeness (QED) is 0.682. The molecule has 1 amide bonds. The van der Waals surface area contributed by atoms with Crippen molar-refractivity contribution in [2.75, 3.05) is 13.2 Å². The number of para-hydroxylation sites is 1. The molecule has 4 nitrogen and oxygen atoms in total. The highest BCUT2D eigenvalue weighted by atomic mass is 16.5. The van der Waals surface area contributed by atoms with E-state index in [2.05, 4.69) is 5.32 Å². The van der Waals surface area contributed by atoms with Crippen molar-refractivity contribution in [3.05, 3.63) is 30.3 Å². The van der Waals surface area contributed by atoms with Gasteiger partial charge in [0.05, 0.1) is 12.7 Å². The number of aliphatic hydroxyl groups excluding tert-OH is 1.